The Bertz CT molecular complexity index is 1110. The van der Waals surface area contributed by atoms with E-state index in [1.807, 2.05) is 5.38 Å². The van der Waals surface area contributed by atoms with Crippen molar-refractivity contribution in [1.82, 2.24) is 4.57 Å². The monoisotopic (exact) mass is 419 g/mol. The molecule has 2 N–H and O–H groups in total. The number of nitrogens with two attached hydrogens (primary N) is 1. The van der Waals surface area contributed by atoms with Crippen LogP contribution in [0.3, 0.4) is 0 Å². The predicted octanol–water partition coefficient (Wildman–Crippen LogP) is 5.75. The Morgan fingerprint density at radius 2 is 1.86 bits per heavy atom. The highest BCUT2D eigenvalue weighted by atomic mass is 32.1. The number of halogens is 3. The van der Waals surface area contributed by atoms with Gasteiger partial charge < -0.3 is 15.0 Å². The van der Waals surface area contributed by atoms with E-state index in [9.17, 15) is 18.0 Å². The summed E-state index contributed by atoms with van der Waals surface area (Å²) in [6.07, 6.45) is -4.81. The van der Waals surface area contributed by atoms with Crippen LogP contribution in [0.25, 0.3) is 26.4 Å². The summed E-state index contributed by atoms with van der Waals surface area (Å²) in [5, 5.41) is 1.83. The van der Waals surface area contributed by atoms with Crippen LogP contribution in [0.4, 0.5) is 24.5 Å². The van der Waals surface area contributed by atoms with E-state index in [2.05, 4.69) is 4.85 Å². The number of anilines is 1. The zero-order valence-electron chi connectivity index (χ0n) is 15.5. The lowest BCUT2D eigenvalue weighted by molar-refractivity contribution is -0.142. The molecule has 150 valence electrons. The van der Waals surface area contributed by atoms with Crippen molar-refractivity contribution in [2.24, 2.45) is 7.05 Å². The summed E-state index contributed by atoms with van der Waals surface area (Å²) < 4.78 is 46.5. The Morgan fingerprint density at radius 1 is 1.24 bits per heavy atom. The van der Waals surface area contributed by atoms with Crippen LogP contribution in [-0.4, -0.2) is 17.1 Å². The molecule has 0 saturated carbocycles. The van der Waals surface area contributed by atoms with Crippen LogP contribution in [-0.2, 0) is 18.0 Å². The minimum Gasteiger partial charge on any atom is -0.461 e. The van der Waals surface area contributed by atoms with Crippen LogP contribution in [0.1, 0.15) is 23.1 Å². The number of thiophene rings is 1. The SMILES string of the molecule is [C-]#[N+]c1c(-c2ccc(-c3sccc3N)cc2)c(C(=O)OCC)n(C)c1C(F)(F)F. The number of rotatable bonds is 4. The molecule has 0 aliphatic heterocycles. The van der Waals surface area contributed by atoms with Crippen molar-refractivity contribution in [3.63, 3.8) is 0 Å². The summed E-state index contributed by atoms with van der Waals surface area (Å²) in [4.78, 5) is 16.4. The van der Waals surface area contributed by atoms with Crippen molar-refractivity contribution in [2.45, 2.75) is 13.1 Å². The van der Waals surface area contributed by atoms with E-state index in [-0.39, 0.29) is 17.9 Å². The van der Waals surface area contributed by atoms with Crippen LogP contribution >= 0.6 is 11.3 Å². The van der Waals surface area contributed by atoms with Crippen molar-refractivity contribution < 1.29 is 22.7 Å². The second kappa shape index (κ2) is 7.64. The van der Waals surface area contributed by atoms with Gasteiger partial charge in [-0.1, -0.05) is 24.3 Å². The minimum atomic E-state index is -4.81. The van der Waals surface area contributed by atoms with Gasteiger partial charge in [0.05, 0.1) is 23.7 Å². The summed E-state index contributed by atoms with van der Waals surface area (Å²) in [5.41, 5.74) is 5.38. The quantitative estimate of drug-likeness (QED) is 0.433. The molecular weight excluding hydrogens is 403 g/mol. The first-order valence-electron chi connectivity index (χ1n) is 8.48. The predicted molar refractivity (Wildman–Crippen MR) is 106 cm³/mol. The molecule has 2 aromatic heterocycles. The molecule has 0 atom stereocenters. The first-order valence-corrected chi connectivity index (χ1v) is 9.36. The molecule has 3 aromatic rings. The Kier molecular flexibility index (Phi) is 5.40. The summed E-state index contributed by atoms with van der Waals surface area (Å²) in [5.74, 6) is -0.919. The Balaban J connectivity index is 2.24. The third kappa shape index (κ3) is 3.59. The Morgan fingerprint density at radius 3 is 2.34 bits per heavy atom. The van der Waals surface area contributed by atoms with Crippen molar-refractivity contribution in [3.8, 4) is 21.6 Å². The fourth-order valence-electron chi connectivity index (χ4n) is 3.16. The summed E-state index contributed by atoms with van der Waals surface area (Å²) in [6, 6.07) is 8.29. The van der Waals surface area contributed by atoms with Crippen molar-refractivity contribution >= 4 is 28.7 Å². The number of carbonyl (C=O) groups is 1. The van der Waals surface area contributed by atoms with Gasteiger partial charge in [-0.25, -0.2) is 9.64 Å². The lowest BCUT2D eigenvalue weighted by Crippen LogP contribution is -2.16. The number of hydrogen-bond donors (Lipinski definition) is 1. The molecule has 1 aromatic carbocycles. The molecule has 0 aliphatic carbocycles. The summed E-state index contributed by atoms with van der Waals surface area (Å²) in [6.45, 7) is 8.89. The normalized spacial score (nSPS) is 11.3. The van der Waals surface area contributed by atoms with E-state index in [0.717, 1.165) is 17.5 Å². The van der Waals surface area contributed by atoms with Gasteiger partial charge in [0, 0.05) is 12.6 Å². The van der Waals surface area contributed by atoms with Gasteiger partial charge in [-0.05, 0) is 29.5 Å². The van der Waals surface area contributed by atoms with Crippen LogP contribution in [0, 0.1) is 6.57 Å². The molecule has 0 unspecified atom stereocenters. The van der Waals surface area contributed by atoms with E-state index in [1.54, 1.807) is 37.3 Å². The number of carbonyl (C=O) groups excluding carboxylic acids is 1. The highest BCUT2D eigenvalue weighted by Gasteiger charge is 2.42. The number of alkyl halides is 3. The summed E-state index contributed by atoms with van der Waals surface area (Å²) in [7, 11) is 1.11. The number of hydrogen-bond acceptors (Lipinski definition) is 4. The number of nitrogens with zero attached hydrogens (tertiary/aromatic N) is 2. The second-order valence-corrected chi connectivity index (χ2v) is 7.01. The van der Waals surface area contributed by atoms with Crippen LogP contribution < -0.4 is 5.73 Å². The van der Waals surface area contributed by atoms with E-state index in [1.165, 1.54) is 11.3 Å². The molecule has 0 amide bonds. The molecule has 0 saturated heterocycles. The minimum absolute atomic E-state index is 0.00521. The maximum absolute atomic E-state index is 13.6. The number of nitrogen functional groups attached to an aromatic ring is 1. The van der Waals surface area contributed by atoms with Gasteiger partial charge >= 0.3 is 12.1 Å². The van der Waals surface area contributed by atoms with Crippen LogP contribution in [0.5, 0.6) is 0 Å². The highest BCUT2D eigenvalue weighted by molar-refractivity contribution is 7.14. The van der Waals surface area contributed by atoms with E-state index in [4.69, 9.17) is 17.0 Å². The lowest BCUT2D eigenvalue weighted by Gasteiger charge is -2.11. The maximum Gasteiger partial charge on any atom is 0.421 e. The maximum atomic E-state index is 13.6. The number of benzene rings is 1. The summed E-state index contributed by atoms with van der Waals surface area (Å²) >= 11 is 1.44. The zero-order chi connectivity index (χ0) is 21.3. The van der Waals surface area contributed by atoms with Crippen molar-refractivity contribution in [1.29, 1.82) is 0 Å². The Labute approximate surface area is 169 Å². The Hall–Kier alpha value is -3.25. The average Bonchev–Trinajstić information content (AvgIpc) is 3.22. The topological polar surface area (TPSA) is 61.6 Å². The van der Waals surface area contributed by atoms with Gasteiger partial charge in [-0.2, -0.15) is 13.2 Å². The molecular formula is C20H16F3N3O2S. The van der Waals surface area contributed by atoms with Gasteiger partial charge in [0.25, 0.3) is 0 Å². The molecule has 0 aliphatic rings. The molecule has 0 fully saturated rings. The van der Waals surface area contributed by atoms with Gasteiger partial charge in [-0.15, -0.1) is 11.3 Å². The van der Waals surface area contributed by atoms with Crippen molar-refractivity contribution in [3.05, 3.63) is 58.5 Å². The van der Waals surface area contributed by atoms with Crippen molar-refractivity contribution in [2.75, 3.05) is 12.3 Å². The third-order valence-electron chi connectivity index (χ3n) is 4.35. The first-order chi connectivity index (χ1) is 13.7. The van der Waals surface area contributed by atoms with Crippen LogP contribution in [0.2, 0.25) is 0 Å². The number of ether oxygens (including phenoxy) is 1. The van der Waals surface area contributed by atoms with E-state index in [0.29, 0.717) is 15.8 Å². The zero-order valence-corrected chi connectivity index (χ0v) is 16.3. The largest absolute Gasteiger partial charge is 0.461 e. The van der Waals surface area contributed by atoms with Gasteiger partial charge in [-0.3, -0.25) is 0 Å². The van der Waals surface area contributed by atoms with E-state index < -0.39 is 23.5 Å². The van der Waals surface area contributed by atoms with Gasteiger partial charge in [0.15, 0.2) is 0 Å². The highest BCUT2D eigenvalue weighted by Crippen LogP contribution is 2.46. The van der Waals surface area contributed by atoms with E-state index >= 15 is 0 Å². The smallest absolute Gasteiger partial charge is 0.421 e. The molecule has 0 radical (unpaired) electrons. The van der Waals surface area contributed by atoms with Gasteiger partial charge in [0.1, 0.15) is 11.4 Å². The third-order valence-corrected chi connectivity index (χ3v) is 5.33. The number of aromatic nitrogens is 1. The average molecular weight is 419 g/mol. The molecule has 5 nitrogen and oxygen atoms in total. The standard InChI is InChI=1S/C20H16F3N3O2S/c1-4-28-19(27)16-14(15(25-2)18(26(16)3)20(21,22)23)11-5-7-12(8-6-11)17-13(24)9-10-29-17/h5-10H,4,24H2,1,3H3. The molecule has 9 heteroatoms. The molecule has 3 rings (SSSR count). The fourth-order valence-corrected chi connectivity index (χ4v) is 3.98. The fraction of sp³-hybridized carbons (Fsp3) is 0.200. The molecule has 0 bridgehead atoms. The van der Waals surface area contributed by atoms with Gasteiger partial charge in [0.2, 0.25) is 5.69 Å². The first kappa shape index (κ1) is 20.5. The number of esters is 1. The van der Waals surface area contributed by atoms with Crippen LogP contribution in [0.15, 0.2) is 35.7 Å². The second-order valence-electron chi connectivity index (χ2n) is 6.09. The lowest BCUT2D eigenvalue weighted by atomic mass is 10.0. The molecule has 2 heterocycles. The molecule has 29 heavy (non-hydrogen) atoms. The molecule has 0 spiro atoms.